The summed E-state index contributed by atoms with van der Waals surface area (Å²) in [6.07, 6.45) is -3.85. The number of benzene rings is 3. The Morgan fingerprint density at radius 1 is 1.03 bits per heavy atom. The van der Waals surface area contributed by atoms with E-state index in [2.05, 4.69) is 10.3 Å². The second-order valence-corrected chi connectivity index (χ2v) is 9.59. The number of thiazole rings is 1. The normalized spacial score (nSPS) is 13.4. The Morgan fingerprint density at radius 3 is 2.37 bits per heavy atom. The Morgan fingerprint density at radius 2 is 1.71 bits per heavy atom. The van der Waals surface area contributed by atoms with Crippen molar-refractivity contribution in [2.45, 2.75) is 18.3 Å². The average molecular weight is 539 g/mol. The molecule has 0 saturated carbocycles. The lowest BCUT2D eigenvalue weighted by Gasteiger charge is -2.30. The predicted octanol–water partition coefficient (Wildman–Crippen LogP) is 6.58. The molecule has 0 amide bonds. The number of aliphatic hydroxyl groups is 1. The minimum atomic E-state index is -5.06. The summed E-state index contributed by atoms with van der Waals surface area (Å²) in [5, 5.41) is 27.3. The minimum Gasteiger partial charge on any atom is -0.375 e. The number of hydrogen-bond donors (Lipinski definition) is 2. The van der Waals surface area contributed by atoms with Crippen LogP contribution in [-0.2, 0) is 12.1 Å². The Balaban J connectivity index is 1.54. The SMILES string of the molecule is O=[N+]([O-])c1ccc2c(C(O)(CNc3nc(-c4ccccc4)cs3)C(F)(F)F)cn(Cc3ccccc3)c2c1. The first-order chi connectivity index (χ1) is 18.2. The van der Waals surface area contributed by atoms with E-state index in [1.54, 1.807) is 29.6 Å². The van der Waals surface area contributed by atoms with Gasteiger partial charge in [-0.3, -0.25) is 10.1 Å². The van der Waals surface area contributed by atoms with Gasteiger partial charge in [0.05, 0.1) is 22.7 Å². The summed E-state index contributed by atoms with van der Waals surface area (Å²) in [5.41, 5.74) is -1.57. The number of nitrogens with zero attached hydrogens (tertiary/aromatic N) is 3. The van der Waals surface area contributed by atoms with Crippen LogP contribution in [0.1, 0.15) is 11.1 Å². The van der Waals surface area contributed by atoms with E-state index >= 15 is 0 Å². The van der Waals surface area contributed by atoms with Gasteiger partial charge < -0.3 is 15.0 Å². The quantitative estimate of drug-likeness (QED) is 0.172. The molecule has 0 bridgehead atoms. The molecule has 194 valence electrons. The van der Waals surface area contributed by atoms with E-state index in [1.807, 2.05) is 36.4 Å². The minimum absolute atomic E-state index is 0.0669. The molecule has 0 saturated heterocycles. The van der Waals surface area contributed by atoms with E-state index in [9.17, 15) is 28.4 Å². The fourth-order valence-corrected chi connectivity index (χ4v) is 5.00. The molecule has 5 aromatic rings. The molecule has 2 N–H and O–H groups in total. The van der Waals surface area contributed by atoms with E-state index in [1.165, 1.54) is 22.9 Å². The first-order valence-corrected chi connectivity index (χ1v) is 12.4. The Hall–Kier alpha value is -4.22. The summed E-state index contributed by atoms with van der Waals surface area (Å²) in [7, 11) is 0. The molecule has 1 unspecified atom stereocenters. The van der Waals surface area contributed by atoms with Gasteiger partial charge in [0, 0.05) is 46.8 Å². The number of alkyl halides is 3. The van der Waals surface area contributed by atoms with Gasteiger partial charge in [-0.15, -0.1) is 11.3 Å². The molecule has 11 heteroatoms. The lowest BCUT2D eigenvalue weighted by Crippen LogP contribution is -2.47. The lowest BCUT2D eigenvalue weighted by atomic mass is 9.92. The van der Waals surface area contributed by atoms with Crippen molar-refractivity contribution in [2.75, 3.05) is 11.9 Å². The van der Waals surface area contributed by atoms with Crippen LogP contribution in [-0.4, -0.2) is 32.3 Å². The number of non-ortho nitro benzene ring substituents is 1. The highest BCUT2D eigenvalue weighted by molar-refractivity contribution is 7.14. The summed E-state index contributed by atoms with van der Waals surface area (Å²) in [6.45, 7) is -0.744. The van der Waals surface area contributed by atoms with Crippen molar-refractivity contribution >= 4 is 33.1 Å². The molecular formula is C27H21F3N4O3S. The average Bonchev–Trinajstić information content (AvgIpc) is 3.53. The zero-order valence-electron chi connectivity index (χ0n) is 19.7. The Kier molecular flexibility index (Phi) is 6.64. The summed E-state index contributed by atoms with van der Waals surface area (Å²) < 4.78 is 45.0. The van der Waals surface area contributed by atoms with Crippen molar-refractivity contribution in [3.8, 4) is 11.3 Å². The fourth-order valence-electron chi connectivity index (χ4n) is 4.28. The van der Waals surface area contributed by atoms with Crippen molar-refractivity contribution in [2.24, 2.45) is 0 Å². The molecule has 0 aliphatic rings. The highest BCUT2D eigenvalue weighted by Crippen LogP contribution is 2.43. The molecule has 2 aromatic heterocycles. The van der Waals surface area contributed by atoms with E-state index < -0.39 is 28.8 Å². The second-order valence-electron chi connectivity index (χ2n) is 8.73. The Bertz CT molecular complexity index is 1590. The van der Waals surface area contributed by atoms with Crippen molar-refractivity contribution in [3.63, 3.8) is 0 Å². The zero-order chi connectivity index (χ0) is 26.9. The van der Waals surface area contributed by atoms with Crippen LogP contribution in [0.25, 0.3) is 22.2 Å². The lowest BCUT2D eigenvalue weighted by molar-refractivity contribution is -0.384. The first-order valence-electron chi connectivity index (χ1n) is 11.5. The van der Waals surface area contributed by atoms with E-state index in [4.69, 9.17) is 0 Å². The van der Waals surface area contributed by atoms with Crippen LogP contribution < -0.4 is 5.32 Å². The van der Waals surface area contributed by atoms with Crippen LogP contribution in [0.3, 0.4) is 0 Å². The molecule has 0 radical (unpaired) electrons. The van der Waals surface area contributed by atoms with Gasteiger partial charge >= 0.3 is 6.18 Å². The van der Waals surface area contributed by atoms with Gasteiger partial charge in [0.2, 0.25) is 5.60 Å². The zero-order valence-corrected chi connectivity index (χ0v) is 20.5. The van der Waals surface area contributed by atoms with Crippen LogP contribution in [0.5, 0.6) is 0 Å². The number of anilines is 1. The van der Waals surface area contributed by atoms with E-state index in [-0.39, 0.29) is 28.3 Å². The third kappa shape index (κ3) is 4.85. The molecule has 7 nitrogen and oxygen atoms in total. The third-order valence-electron chi connectivity index (χ3n) is 6.26. The molecule has 5 rings (SSSR count). The fraction of sp³-hybridized carbons (Fsp3) is 0.148. The van der Waals surface area contributed by atoms with Crippen LogP contribution in [0.2, 0.25) is 0 Å². The highest BCUT2D eigenvalue weighted by Gasteiger charge is 2.56. The second kappa shape index (κ2) is 9.92. The summed E-state index contributed by atoms with van der Waals surface area (Å²) in [6, 6.07) is 21.8. The van der Waals surface area contributed by atoms with Crippen LogP contribution in [0.15, 0.2) is 90.4 Å². The number of fused-ring (bicyclic) bond motifs is 1. The number of rotatable bonds is 8. The van der Waals surface area contributed by atoms with Gasteiger partial charge in [0.25, 0.3) is 5.69 Å². The largest absolute Gasteiger partial charge is 0.423 e. The van der Waals surface area contributed by atoms with Crippen LogP contribution in [0, 0.1) is 10.1 Å². The van der Waals surface area contributed by atoms with Gasteiger partial charge in [-0.25, -0.2) is 4.98 Å². The number of hydrogen-bond acceptors (Lipinski definition) is 6. The van der Waals surface area contributed by atoms with Gasteiger partial charge in [-0.2, -0.15) is 13.2 Å². The summed E-state index contributed by atoms with van der Waals surface area (Å²) in [4.78, 5) is 15.1. The van der Waals surface area contributed by atoms with Gasteiger partial charge in [0.1, 0.15) is 0 Å². The molecule has 2 heterocycles. The summed E-state index contributed by atoms with van der Waals surface area (Å²) >= 11 is 1.13. The topological polar surface area (TPSA) is 93.2 Å². The predicted molar refractivity (Wildman–Crippen MR) is 140 cm³/mol. The smallest absolute Gasteiger partial charge is 0.375 e. The maximum Gasteiger partial charge on any atom is 0.423 e. The molecule has 38 heavy (non-hydrogen) atoms. The van der Waals surface area contributed by atoms with Gasteiger partial charge in [0.15, 0.2) is 5.13 Å². The monoisotopic (exact) mass is 538 g/mol. The number of halogens is 3. The van der Waals surface area contributed by atoms with Crippen molar-refractivity contribution in [1.82, 2.24) is 9.55 Å². The maximum atomic E-state index is 14.5. The standard InChI is InChI=1S/C27H21F3N4O3S/c28-27(29,30)26(35,17-31-25-32-23(16-38-25)19-9-5-2-6-10-19)22-15-33(14-18-7-3-1-4-8-18)24-13-20(34(36)37)11-12-21(22)24/h1-13,15-16,35H,14,17H2,(H,31,32). The van der Waals surface area contributed by atoms with Crippen LogP contribution in [0.4, 0.5) is 24.0 Å². The first kappa shape index (κ1) is 25.4. The van der Waals surface area contributed by atoms with Gasteiger partial charge in [-0.1, -0.05) is 60.7 Å². The molecule has 0 aliphatic heterocycles. The van der Waals surface area contributed by atoms with Gasteiger partial charge in [-0.05, 0) is 11.6 Å². The molecule has 3 aromatic carbocycles. The molecule has 0 fully saturated rings. The third-order valence-corrected chi connectivity index (χ3v) is 7.06. The Labute approximate surface area is 219 Å². The molecule has 0 spiro atoms. The number of nitrogens with one attached hydrogen (secondary N) is 1. The number of nitro benzene ring substituents is 1. The number of aromatic nitrogens is 2. The van der Waals surface area contributed by atoms with Crippen molar-refractivity contribution < 1.29 is 23.2 Å². The van der Waals surface area contributed by atoms with E-state index in [0.717, 1.165) is 28.5 Å². The maximum absolute atomic E-state index is 14.5. The summed E-state index contributed by atoms with van der Waals surface area (Å²) in [5.74, 6) is 0. The molecule has 1 atom stereocenters. The number of nitro groups is 1. The molecule has 0 aliphatic carbocycles. The van der Waals surface area contributed by atoms with E-state index in [0.29, 0.717) is 5.69 Å². The van der Waals surface area contributed by atoms with Crippen molar-refractivity contribution in [3.05, 3.63) is 112 Å². The van der Waals surface area contributed by atoms with Crippen molar-refractivity contribution in [1.29, 1.82) is 0 Å². The molecular weight excluding hydrogens is 517 g/mol. The highest BCUT2D eigenvalue weighted by atomic mass is 32.1. The van der Waals surface area contributed by atoms with Crippen LogP contribution >= 0.6 is 11.3 Å².